The summed E-state index contributed by atoms with van der Waals surface area (Å²) in [5.41, 5.74) is 0.484. The predicted octanol–water partition coefficient (Wildman–Crippen LogP) is 1.42. The van der Waals surface area contributed by atoms with E-state index in [1.54, 1.807) is 0 Å². The van der Waals surface area contributed by atoms with Crippen molar-refractivity contribution in [2.24, 2.45) is 12.5 Å². The van der Waals surface area contributed by atoms with Crippen molar-refractivity contribution < 1.29 is 0 Å². The molecule has 1 unspecified atom stereocenters. The van der Waals surface area contributed by atoms with Gasteiger partial charge >= 0.3 is 0 Å². The van der Waals surface area contributed by atoms with Gasteiger partial charge < -0.3 is 14.8 Å². The number of likely N-dealkylation sites (tertiary alicyclic amines) is 1. The smallest absolute Gasteiger partial charge is 0.135 e. The third-order valence-electron chi connectivity index (χ3n) is 4.76. The second kappa shape index (κ2) is 6.41. The summed E-state index contributed by atoms with van der Waals surface area (Å²) in [6, 6.07) is 0. The van der Waals surface area contributed by atoms with Crippen LogP contribution in [-0.2, 0) is 7.05 Å². The first-order chi connectivity index (χ1) is 9.16. The summed E-state index contributed by atoms with van der Waals surface area (Å²) in [6.45, 7) is 8.43. The molecule has 2 aliphatic heterocycles. The van der Waals surface area contributed by atoms with Crippen LogP contribution in [0.25, 0.3) is 0 Å². The quantitative estimate of drug-likeness (QED) is 0.917. The van der Waals surface area contributed by atoms with Crippen LogP contribution in [0.5, 0.6) is 0 Å². The zero-order valence-corrected chi connectivity index (χ0v) is 13.3. The number of piperidine rings is 1. The number of hydrogen-bond acceptors (Lipinski definition) is 4. The van der Waals surface area contributed by atoms with Crippen molar-refractivity contribution in [3.63, 3.8) is 0 Å². The number of aryl methyl sites for hydroxylation is 1. The number of aromatic nitrogens is 3. The number of hydrogen-bond donors (Lipinski definition) is 1. The van der Waals surface area contributed by atoms with Gasteiger partial charge in [-0.15, -0.1) is 22.6 Å². The molecule has 1 atom stereocenters. The van der Waals surface area contributed by atoms with Crippen LogP contribution in [-0.4, -0.2) is 52.4 Å². The minimum Gasteiger partial charge on any atom is -0.320 e. The predicted molar refractivity (Wildman–Crippen MR) is 82.3 cm³/mol. The van der Waals surface area contributed by atoms with Crippen molar-refractivity contribution in [1.29, 1.82) is 0 Å². The van der Waals surface area contributed by atoms with Gasteiger partial charge in [0.2, 0.25) is 0 Å². The molecule has 20 heavy (non-hydrogen) atoms. The van der Waals surface area contributed by atoms with E-state index in [1.807, 2.05) is 13.4 Å². The molecule has 0 bridgehead atoms. The Morgan fingerprint density at radius 1 is 1.40 bits per heavy atom. The Morgan fingerprint density at radius 3 is 2.70 bits per heavy atom. The molecule has 0 amide bonds. The van der Waals surface area contributed by atoms with E-state index in [4.69, 9.17) is 0 Å². The first-order valence-corrected chi connectivity index (χ1v) is 7.43. The van der Waals surface area contributed by atoms with E-state index in [2.05, 4.69) is 31.9 Å². The topological polar surface area (TPSA) is 46.0 Å². The summed E-state index contributed by atoms with van der Waals surface area (Å²) in [5.74, 6) is 1.76. The number of halogens is 1. The van der Waals surface area contributed by atoms with Crippen LogP contribution in [0.3, 0.4) is 0 Å². The van der Waals surface area contributed by atoms with Crippen LogP contribution in [0.15, 0.2) is 6.33 Å². The summed E-state index contributed by atoms with van der Waals surface area (Å²) in [6.07, 6.45) is 5.56. The molecule has 0 spiro atoms. The average molecular weight is 300 g/mol. The van der Waals surface area contributed by atoms with Crippen LogP contribution >= 0.6 is 12.4 Å². The van der Waals surface area contributed by atoms with Crippen LogP contribution in [0, 0.1) is 5.41 Å². The summed E-state index contributed by atoms with van der Waals surface area (Å²) < 4.78 is 2.07. The van der Waals surface area contributed by atoms with Gasteiger partial charge in [0.25, 0.3) is 0 Å². The summed E-state index contributed by atoms with van der Waals surface area (Å²) >= 11 is 0. The lowest BCUT2D eigenvalue weighted by atomic mass is 9.87. The Hall–Kier alpha value is -0.650. The fourth-order valence-electron chi connectivity index (χ4n) is 3.55. The first-order valence-electron chi connectivity index (χ1n) is 7.43. The van der Waals surface area contributed by atoms with Crippen molar-refractivity contribution in [1.82, 2.24) is 25.0 Å². The molecule has 0 aromatic carbocycles. The maximum Gasteiger partial charge on any atom is 0.135 e. The maximum absolute atomic E-state index is 4.27. The molecule has 2 fully saturated rings. The fourth-order valence-corrected chi connectivity index (χ4v) is 3.55. The molecule has 1 aromatic heterocycles. The van der Waals surface area contributed by atoms with Crippen molar-refractivity contribution in [3.8, 4) is 0 Å². The normalized spacial score (nSPS) is 28.5. The van der Waals surface area contributed by atoms with Crippen molar-refractivity contribution in [2.45, 2.75) is 32.1 Å². The van der Waals surface area contributed by atoms with E-state index >= 15 is 0 Å². The molecule has 1 N–H and O–H groups in total. The minimum atomic E-state index is 0. The van der Waals surface area contributed by atoms with Gasteiger partial charge in [-0.05, 0) is 44.3 Å². The third-order valence-corrected chi connectivity index (χ3v) is 4.76. The summed E-state index contributed by atoms with van der Waals surface area (Å²) in [7, 11) is 2.05. The summed E-state index contributed by atoms with van der Waals surface area (Å²) in [4.78, 5) is 2.64. The Kier molecular flexibility index (Phi) is 5.04. The van der Waals surface area contributed by atoms with E-state index in [0.717, 1.165) is 5.82 Å². The van der Waals surface area contributed by atoms with Crippen molar-refractivity contribution in [3.05, 3.63) is 12.2 Å². The average Bonchev–Trinajstić information content (AvgIpc) is 3.00. The Labute approximate surface area is 127 Å². The highest BCUT2D eigenvalue weighted by molar-refractivity contribution is 5.85. The largest absolute Gasteiger partial charge is 0.320 e. The van der Waals surface area contributed by atoms with E-state index in [1.165, 1.54) is 52.0 Å². The lowest BCUT2D eigenvalue weighted by Gasteiger charge is -2.36. The van der Waals surface area contributed by atoms with E-state index < -0.39 is 0 Å². The number of nitrogens with zero attached hydrogens (tertiary/aromatic N) is 4. The van der Waals surface area contributed by atoms with Crippen LogP contribution in [0.4, 0.5) is 0 Å². The standard InChI is InChI=1S/C14H25N5.ClH/c1-14(5-6-15-9-14)10-19-7-3-12(4-8-19)13-17-16-11-18(13)2;/h11-12,15H,3-10H2,1-2H3;1H. The zero-order chi connectivity index (χ0) is 13.3. The van der Waals surface area contributed by atoms with Gasteiger partial charge in [0.1, 0.15) is 12.2 Å². The molecule has 2 saturated heterocycles. The van der Waals surface area contributed by atoms with Crippen molar-refractivity contribution >= 4 is 12.4 Å². The monoisotopic (exact) mass is 299 g/mol. The first kappa shape index (κ1) is 15.7. The fraction of sp³-hybridized carbons (Fsp3) is 0.857. The van der Waals surface area contributed by atoms with Gasteiger partial charge in [0, 0.05) is 26.1 Å². The molecular weight excluding hydrogens is 274 g/mol. The lowest BCUT2D eigenvalue weighted by molar-refractivity contribution is 0.142. The zero-order valence-electron chi connectivity index (χ0n) is 12.5. The molecule has 1 aromatic rings. The highest BCUT2D eigenvalue weighted by Gasteiger charge is 2.32. The molecule has 5 nitrogen and oxygen atoms in total. The molecule has 0 saturated carbocycles. The molecule has 3 heterocycles. The van der Waals surface area contributed by atoms with Crippen LogP contribution < -0.4 is 5.32 Å². The number of nitrogens with one attached hydrogen (secondary N) is 1. The Morgan fingerprint density at radius 2 is 2.15 bits per heavy atom. The molecule has 6 heteroatoms. The second-order valence-corrected chi connectivity index (χ2v) is 6.59. The van der Waals surface area contributed by atoms with Crippen molar-refractivity contribution in [2.75, 3.05) is 32.7 Å². The minimum absolute atomic E-state index is 0. The Balaban J connectivity index is 0.00000147. The lowest BCUT2D eigenvalue weighted by Crippen LogP contribution is -2.41. The highest BCUT2D eigenvalue weighted by Crippen LogP contribution is 2.30. The SMILES string of the molecule is Cl.Cn1cnnc1C1CCN(CC2(C)CCNC2)CC1. The maximum atomic E-state index is 4.27. The van der Waals surface area contributed by atoms with Gasteiger partial charge in [0.05, 0.1) is 0 Å². The molecule has 114 valence electrons. The van der Waals surface area contributed by atoms with Crippen LogP contribution in [0.2, 0.25) is 0 Å². The van der Waals surface area contributed by atoms with Gasteiger partial charge in [0.15, 0.2) is 0 Å². The Bertz CT molecular complexity index is 419. The molecule has 3 rings (SSSR count). The molecule has 0 aliphatic carbocycles. The second-order valence-electron chi connectivity index (χ2n) is 6.59. The van der Waals surface area contributed by atoms with Crippen LogP contribution in [0.1, 0.15) is 37.9 Å². The molecule has 0 radical (unpaired) electrons. The van der Waals surface area contributed by atoms with Gasteiger partial charge in [-0.3, -0.25) is 0 Å². The van der Waals surface area contributed by atoms with Gasteiger partial charge in [-0.25, -0.2) is 0 Å². The van der Waals surface area contributed by atoms with E-state index in [0.29, 0.717) is 11.3 Å². The van der Waals surface area contributed by atoms with Gasteiger partial charge in [-0.2, -0.15) is 0 Å². The van der Waals surface area contributed by atoms with E-state index in [9.17, 15) is 0 Å². The number of rotatable bonds is 3. The summed E-state index contributed by atoms with van der Waals surface area (Å²) in [5, 5.41) is 11.8. The third kappa shape index (κ3) is 3.32. The molecular formula is C14H26ClN5. The highest BCUT2D eigenvalue weighted by atomic mass is 35.5. The van der Waals surface area contributed by atoms with E-state index in [-0.39, 0.29) is 12.4 Å². The molecule has 2 aliphatic rings. The van der Waals surface area contributed by atoms with Gasteiger partial charge in [-0.1, -0.05) is 6.92 Å².